The van der Waals surface area contributed by atoms with Crippen molar-refractivity contribution in [2.24, 2.45) is 0 Å². The molecule has 0 aromatic carbocycles. The lowest BCUT2D eigenvalue weighted by molar-refractivity contribution is 0.886. The first kappa shape index (κ1) is 14.0. The Balaban J connectivity index is 0. The topological polar surface area (TPSA) is 0 Å². The highest BCUT2D eigenvalue weighted by atomic mass is 13.9. The van der Waals surface area contributed by atoms with Crippen LogP contribution in [0.25, 0.3) is 0 Å². The number of hydrogen-bond acceptors (Lipinski definition) is 0. The van der Waals surface area contributed by atoms with Gasteiger partial charge in [-0.3, -0.25) is 0 Å². The number of allylic oxidation sites excluding steroid dienone is 4. The molecular formula is C12H24. The van der Waals surface area contributed by atoms with Crippen molar-refractivity contribution in [2.45, 2.75) is 53.9 Å². The van der Waals surface area contributed by atoms with Crippen LogP contribution in [0.5, 0.6) is 0 Å². The Kier molecular flexibility index (Phi) is 15.3. The van der Waals surface area contributed by atoms with E-state index in [0.29, 0.717) is 0 Å². The fraction of sp³-hybridized carbons (Fsp3) is 0.667. The maximum Gasteiger partial charge on any atom is -0.0311 e. The molecule has 0 aromatic rings. The molecule has 72 valence electrons. The van der Waals surface area contributed by atoms with E-state index in [0.717, 1.165) is 6.42 Å². The van der Waals surface area contributed by atoms with Crippen LogP contribution < -0.4 is 0 Å². The van der Waals surface area contributed by atoms with Gasteiger partial charge in [-0.25, -0.2) is 0 Å². The SMILES string of the molecule is C/C=C\C(=C\C)CC.CCCC. The van der Waals surface area contributed by atoms with E-state index < -0.39 is 0 Å². The van der Waals surface area contributed by atoms with Crippen LogP contribution in [-0.2, 0) is 0 Å². The number of hydrogen-bond donors (Lipinski definition) is 0. The van der Waals surface area contributed by atoms with Gasteiger partial charge in [0.2, 0.25) is 0 Å². The van der Waals surface area contributed by atoms with Gasteiger partial charge in [-0.2, -0.15) is 0 Å². The van der Waals surface area contributed by atoms with Crippen LogP contribution >= 0.6 is 0 Å². The lowest BCUT2D eigenvalue weighted by Gasteiger charge is -1.90. The van der Waals surface area contributed by atoms with Gasteiger partial charge in [0.15, 0.2) is 0 Å². The van der Waals surface area contributed by atoms with E-state index in [2.05, 4.69) is 45.9 Å². The standard InChI is InChI=1S/C8H14.C4H10/c1-4-7-8(5-2)6-3;1-3-4-2/h4-5,7H,6H2,1-3H3;3-4H2,1-2H3/b7-4-,8-5+;. The molecule has 0 heteroatoms. The molecule has 0 bridgehead atoms. The molecular weight excluding hydrogens is 144 g/mol. The van der Waals surface area contributed by atoms with Crippen molar-refractivity contribution >= 4 is 0 Å². The normalized spacial score (nSPS) is 11.2. The maximum absolute atomic E-state index is 2.18. The average Bonchev–Trinajstić information content (AvgIpc) is 2.14. The fourth-order valence-corrected chi connectivity index (χ4v) is 0.632. The van der Waals surface area contributed by atoms with Crippen LogP contribution in [0, 0.1) is 0 Å². The van der Waals surface area contributed by atoms with Crippen molar-refractivity contribution in [1.29, 1.82) is 0 Å². The Morgan fingerprint density at radius 2 is 1.50 bits per heavy atom. The average molecular weight is 168 g/mol. The van der Waals surface area contributed by atoms with Gasteiger partial charge in [0.25, 0.3) is 0 Å². The first-order chi connectivity index (χ1) is 5.76. The third-order valence-electron chi connectivity index (χ3n) is 1.66. The van der Waals surface area contributed by atoms with Crippen molar-refractivity contribution < 1.29 is 0 Å². The van der Waals surface area contributed by atoms with Crippen LogP contribution in [0.1, 0.15) is 53.9 Å². The van der Waals surface area contributed by atoms with E-state index in [1.807, 2.05) is 6.92 Å². The minimum absolute atomic E-state index is 1.14. The van der Waals surface area contributed by atoms with E-state index in [-0.39, 0.29) is 0 Å². The second-order valence-corrected chi connectivity index (χ2v) is 2.72. The monoisotopic (exact) mass is 168 g/mol. The van der Waals surface area contributed by atoms with Crippen LogP contribution in [0.2, 0.25) is 0 Å². The predicted molar refractivity (Wildman–Crippen MR) is 59.4 cm³/mol. The quantitative estimate of drug-likeness (QED) is 0.535. The molecule has 0 aliphatic heterocycles. The van der Waals surface area contributed by atoms with E-state index >= 15 is 0 Å². The Hall–Kier alpha value is -0.520. The van der Waals surface area contributed by atoms with Crippen LogP contribution in [0.4, 0.5) is 0 Å². The Morgan fingerprint density at radius 3 is 1.58 bits per heavy atom. The van der Waals surface area contributed by atoms with Crippen LogP contribution in [0.3, 0.4) is 0 Å². The largest absolute Gasteiger partial charge is 0.0874 e. The summed E-state index contributed by atoms with van der Waals surface area (Å²) in [7, 11) is 0. The molecule has 0 unspecified atom stereocenters. The molecule has 0 atom stereocenters. The van der Waals surface area contributed by atoms with Gasteiger partial charge < -0.3 is 0 Å². The fourth-order valence-electron chi connectivity index (χ4n) is 0.632. The highest BCUT2D eigenvalue weighted by Gasteiger charge is 1.79. The van der Waals surface area contributed by atoms with Crippen molar-refractivity contribution in [2.75, 3.05) is 0 Å². The Morgan fingerprint density at radius 1 is 1.00 bits per heavy atom. The zero-order chi connectivity index (χ0) is 9.82. The lowest BCUT2D eigenvalue weighted by atomic mass is 10.2. The van der Waals surface area contributed by atoms with Crippen molar-refractivity contribution in [1.82, 2.24) is 0 Å². The molecule has 0 nitrogen and oxygen atoms in total. The van der Waals surface area contributed by atoms with Gasteiger partial charge in [-0.15, -0.1) is 0 Å². The molecule has 0 heterocycles. The van der Waals surface area contributed by atoms with Gasteiger partial charge in [0, 0.05) is 0 Å². The lowest BCUT2D eigenvalue weighted by Crippen LogP contribution is -1.69. The molecule has 0 amide bonds. The summed E-state index contributed by atoms with van der Waals surface area (Å²) in [5.41, 5.74) is 1.41. The highest BCUT2D eigenvalue weighted by Crippen LogP contribution is 2.00. The molecule has 0 radical (unpaired) electrons. The van der Waals surface area contributed by atoms with Crippen molar-refractivity contribution in [3.8, 4) is 0 Å². The van der Waals surface area contributed by atoms with Gasteiger partial charge in [-0.05, 0) is 20.3 Å². The summed E-state index contributed by atoms with van der Waals surface area (Å²) in [6, 6.07) is 0. The van der Waals surface area contributed by atoms with Gasteiger partial charge in [0.05, 0.1) is 0 Å². The summed E-state index contributed by atoms with van der Waals surface area (Å²) >= 11 is 0. The van der Waals surface area contributed by atoms with E-state index in [1.165, 1.54) is 18.4 Å². The number of rotatable bonds is 3. The Bertz CT molecular complexity index is 113. The zero-order valence-electron chi connectivity index (χ0n) is 9.35. The molecule has 0 aliphatic carbocycles. The minimum Gasteiger partial charge on any atom is -0.0874 e. The summed E-state index contributed by atoms with van der Waals surface area (Å²) in [5, 5.41) is 0. The Labute approximate surface area is 78.4 Å². The van der Waals surface area contributed by atoms with E-state index in [9.17, 15) is 0 Å². The number of unbranched alkanes of at least 4 members (excludes halogenated alkanes) is 1. The molecule has 0 rings (SSSR count). The summed E-state index contributed by atoms with van der Waals surface area (Å²) in [5.74, 6) is 0. The first-order valence-corrected chi connectivity index (χ1v) is 5.04. The molecule has 0 aliphatic rings. The molecule has 0 aromatic heterocycles. The summed E-state index contributed by atoms with van der Waals surface area (Å²) in [6.07, 6.45) is 10.1. The molecule has 0 fully saturated rings. The second-order valence-electron chi connectivity index (χ2n) is 2.72. The van der Waals surface area contributed by atoms with Crippen molar-refractivity contribution in [3.05, 3.63) is 23.8 Å². The van der Waals surface area contributed by atoms with E-state index in [1.54, 1.807) is 0 Å². The zero-order valence-corrected chi connectivity index (χ0v) is 9.35. The summed E-state index contributed by atoms with van der Waals surface area (Å²) in [6.45, 7) is 10.6. The maximum atomic E-state index is 2.18. The highest BCUT2D eigenvalue weighted by molar-refractivity contribution is 5.16. The third kappa shape index (κ3) is 12.2. The molecule has 0 saturated carbocycles. The van der Waals surface area contributed by atoms with Crippen LogP contribution in [-0.4, -0.2) is 0 Å². The molecule has 0 spiro atoms. The summed E-state index contributed by atoms with van der Waals surface area (Å²) in [4.78, 5) is 0. The third-order valence-corrected chi connectivity index (χ3v) is 1.66. The van der Waals surface area contributed by atoms with Gasteiger partial charge in [-0.1, -0.05) is 57.4 Å². The second kappa shape index (κ2) is 13.1. The molecule has 0 saturated heterocycles. The van der Waals surface area contributed by atoms with Crippen LogP contribution in [0.15, 0.2) is 23.8 Å². The predicted octanol–water partition coefficient (Wildman–Crippen LogP) is 4.73. The van der Waals surface area contributed by atoms with Gasteiger partial charge >= 0.3 is 0 Å². The van der Waals surface area contributed by atoms with E-state index in [4.69, 9.17) is 0 Å². The first-order valence-electron chi connectivity index (χ1n) is 5.04. The summed E-state index contributed by atoms with van der Waals surface area (Å²) < 4.78 is 0. The molecule has 0 N–H and O–H groups in total. The van der Waals surface area contributed by atoms with Crippen molar-refractivity contribution in [3.63, 3.8) is 0 Å². The van der Waals surface area contributed by atoms with Gasteiger partial charge in [0.1, 0.15) is 0 Å². The molecule has 12 heavy (non-hydrogen) atoms. The smallest absolute Gasteiger partial charge is 0.0311 e. The minimum atomic E-state index is 1.14.